The predicted octanol–water partition coefficient (Wildman–Crippen LogP) is 3.90. The van der Waals surface area contributed by atoms with E-state index in [1.54, 1.807) is 12.1 Å². The Balaban J connectivity index is 1.39. The van der Waals surface area contributed by atoms with Crippen molar-refractivity contribution >= 4 is 17.3 Å². The van der Waals surface area contributed by atoms with Crippen LogP contribution >= 0.6 is 11.3 Å². The van der Waals surface area contributed by atoms with E-state index in [1.807, 2.05) is 24.5 Å². The fourth-order valence-electron chi connectivity index (χ4n) is 3.81. The lowest BCUT2D eigenvalue weighted by molar-refractivity contribution is 0.198. The molecular formula is C23H33FN4OS. The molecule has 1 aliphatic heterocycles. The quantitative estimate of drug-likeness (QED) is 0.491. The number of nitrogens with one attached hydrogen (secondary N) is 2. The van der Waals surface area contributed by atoms with Crippen molar-refractivity contribution in [3.05, 3.63) is 52.0 Å². The molecular weight excluding hydrogens is 399 g/mol. The van der Waals surface area contributed by atoms with Gasteiger partial charge in [-0.05, 0) is 54.3 Å². The largest absolute Gasteiger partial charge is 0.494 e. The van der Waals surface area contributed by atoms with E-state index < -0.39 is 0 Å². The molecule has 30 heavy (non-hydrogen) atoms. The summed E-state index contributed by atoms with van der Waals surface area (Å²) < 4.78 is 18.9. The summed E-state index contributed by atoms with van der Waals surface area (Å²) >= 11 is 1.82. The van der Waals surface area contributed by atoms with Gasteiger partial charge in [-0.15, -0.1) is 11.3 Å². The van der Waals surface area contributed by atoms with Crippen molar-refractivity contribution < 1.29 is 9.13 Å². The van der Waals surface area contributed by atoms with Crippen molar-refractivity contribution in [1.29, 1.82) is 0 Å². The molecule has 1 fully saturated rings. The predicted molar refractivity (Wildman–Crippen MR) is 123 cm³/mol. The van der Waals surface area contributed by atoms with Crippen molar-refractivity contribution in [3.8, 4) is 5.75 Å². The SMILES string of the molecule is CN=C(NCC(C)Cc1cccs1)NC1CCN(Cc2ccc(OC)c(F)c2)CC1. The van der Waals surface area contributed by atoms with Crippen molar-refractivity contribution in [2.24, 2.45) is 10.9 Å². The molecule has 0 amide bonds. The number of piperidine rings is 1. The minimum Gasteiger partial charge on any atom is -0.494 e. The normalized spacial score (nSPS) is 17.0. The zero-order valence-corrected chi connectivity index (χ0v) is 19.0. The number of thiophene rings is 1. The van der Waals surface area contributed by atoms with Gasteiger partial charge in [0.1, 0.15) is 0 Å². The summed E-state index contributed by atoms with van der Waals surface area (Å²) in [7, 11) is 3.32. The van der Waals surface area contributed by atoms with Gasteiger partial charge in [-0.3, -0.25) is 9.89 Å². The number of hydrogen-bond acceptors (Lipinski definition) is 4. The number of methoxy groups -OCH3 is 1. The van der Waals surface area contributed by atoms with Crippen LogP contribution in [0.5, 0.6) is 5.75 Å². The molecule has 0 bridgehead atoms. The van der Waals surface area contributed by atoms with Gasteiger partial charge in [0, 0.05) is 44.1 Å². The number of hydrogen-bond donors (Lipinski definition) is 2. The maximum atomic E-state index is 13.9. The zero-order chi connectivity index (χ0) is 21.3. The van der Waals surface area contributed by atoms with E-state index in [2.05, 4.69) is 45.0 Å². The first-order valence-electron chi connectivity index (χ1n) is 10.6. The molecule has 0 aliphatic carbocycles. The van der Waals surface area contributed by atoms with Crippen LogP contribution in [0.2, 0.25) is 0 Å². The molecule has 2 heterocycles. The fraction of sp³-hybridized carbons (Fsp3) is 0.522. The van der Waals surface area contributed by atoms with Gasteiger partial charge in [-0.1, -0.05) is 19.1 Å². The number of benzene rings is 1. The maximum absolute atomic E-state index is 13.9. The number of nitrogens with zero attached hydrogens (tertiary/aromatic N) is 2. The molecule has 0 saturated carbocycles. The van der Waals surface area contributed by atoms with E-state index in [0.29, 0.717) is 17.7 Å². The van der Waals surface area contributed by atoms with Crippen LogP contribution in [0.4, 0.5) is 4.39 Å². The minimum atomic E-state index is -0.297. The molecule has 2 N–H and O–H groups in total. The van der Waals surface area contributed by atoms with Gasteiger partial charge in [0.05, 0.1) is 7.11 Å². The molecule has 1 atom stereocenters. The van der Waals surface area contributed by atoms with E-state index in [-0.39, 0.29) is 5.82 Å². The molecule has 0 radical (unpaired) electrons. The number of ether oxygens (including phenoxy) is 1. The summed E-state index contributed by atoms with van der Waals surface area (Å²) in [5.41, 5.74) is 0.983. The Morgan fingerprint density at radius 2 is 2.13 bits per heavy atom. The average Bonchev–Trinajstić information content (AvgIpc) is 3.25. The smallest absolute Gasteiger partial charge is 0.191 e. The first-order chi connectivity index (χ1) is 14.6. The van der Waals surface area contributed by atoms with E-state index in [4.69, 9.17) is 4.74 Å². The fourth-order valence-corrected chi connectivity index (χ4v) is 4.67. The minimum absolute atomic E-state index is 0.297. The Morgan fingerprint density at radius 3 is 2.77 bits per heavy atom. The molecule has 5 nitrogen and oxygen atoms in total. The lowest BCUT2D eigenvalue weighted by Crippen LogP contribution is -2.49. The Bertz CT molecular complexity index is 804. The molecule has 1 aromatic heterocycles. The van der Waals surface area contributed by atoms with Crippen molar-refractivity contribution in [2.45, 2.75) is 38.8 Å². The molecule has 1 aliphatic rings. The Morgan fingerprint density at radius 1 is 1.33 bits per heavy atom. The highest BCUT2D eigenvalue weighted by molar-refractivity contribution is 7.09. The van der Waals surface area contributed by atoms with E-state index in [9.17, 15) is 4.39 Å². The van der Waals surface area contributed by atoms with Crippen LogP contribution in [0.1, 0.15) is 30.2 Å². The second-order valence-corrected chi connectivity index (χ2v) is 9.04. The molecule has 1 unspecified atom stereocenters. The van der Waals surface area contributed by atoms with Gasteiger partial charge in [-0.2, -0.15) is 0 Å². The van der Waals surface area contributed by atoms with Gasteiger partial charge in [0.2, 0.25) is 0 Å². The highest BCUT2D eigenvalue weighted by Crippen LogP contribution is 2.20. The number of rotatable bonds is 8. The molecule has 2 aromatic rings. The molecule has 0 spiro atoms. The second-order valence-electron chi connectivity index (χ2n) is 8.01. The van der Waals surface area contributed by atoms with Gasteiger partial charge < -0.3 is 15.4 Å². The first-order valence-corrected chi connectivity index (χ1v) is 11.5. The summed E-state index contributed by atoms with van der Waals surface area (Å²) in [6, 6.07) is 9.93. The second kappa shape index (κ2) is 11.3. The lowest BCUT2D eigenvalue weighted by atomic mass is 10.0. The van der Waals surface area contributed by atoms with Crippen LogP contribution in [0.25, 0.3) is 0 Å². The van der Waals surface area contributed by atoms with Crippen LogP contribution < -0.4 is 15.4 Å². The summed E-state index contributed by atoms with van der Waals surface area (Å²) in [5.74, 6) is 1.43. The van der Waals surface area contributed by atoms with Crippen LogP contribution in [0, 0.1) is 11.7 Å². The van der Waals surface area contributed by atoms with Crippen LogP contribution in [0.3, 0.4) is 0 Å². The summed E-state index contributed by atoms with van der Waals surface area (Å²) in [5, 5.41) is 9.17. The number of aliphatic imine (C=N–C) groups is 1. The molecule has 3 rings (SSSR count). The van der Waals surface area contributed by atoms with Crippen LogP contribution in [0.15, 0.2) is 40.7 Å². The molecule has 7 heteroatoms. The molecule has 1 saturated heterocycles. The van der Waals surface area contributed by atoms with E-state index in [0.717, 1.165) is 57.0 Å². The first kappa shape index (κ1) is 22.6. The zero-order valence-electron chi connectivity index (χ0n) is 18.2. The highest BCUT2D eigenvalue weighted by atomic mass is 32.1. The molecule has 1 aromatic carbocycles. The topological polar surface area (TPSA) is 48.9 Å². The Kier molecular flexibility index (Phi) is 8.51. The average molecular weight is 433 g/mol. The maximum Gasteiger partial charge on any atom is 0.191 e. The summed E-state index contributed by atoms with van der Waals surface area (Å²) in [4.78, 5) is 8.19. The van der Waals surface area contributed by atoms with Gasteiger partial charge >= 0.3 is 0 Å². The van der Waals surface area contributed by atoms with Crippen molar-refractivity contribution in [2.75, 3.05) is 33.8 Å². The highest BCUT2D eigenvalue weighted by Gasteiger charge is 2.20. The third-order valence-electron chi connectivity index (χ3n) is 5.52. The van der Waals surface area contributed by atoms with Crippen molar-refractivity contribution in [3.63, 3.8) is 0 Å². The monoisotopic (exact) mass is 432 g/mol. The van der Waals surface area contributed by atoms with Gasteiger partial charge in [-0.25, -0.2) is 4.39 Å². The molecule has 164 valence electrons. The Hall–Kier alpha value is -2.12. The summed E-state index contributed by atoms with van der Waals surface area (Å²) in [6.45, 7) is 5.90. The van der Waals surface area contributed by atoms with Gasteiger partial charge in [0.15, 0.2) is 17.5 Å². The summed E-state index contributed by atoms with van der Waals surface area (Å²) in [6.07, 6.45) is 3.18. The van der Waals surface area contributed by atoms with E-state index in [1.165, 1.54) is 12.0 Å². The van der Waals surface area contributed by atoms with Crippen LogP contribution in [-0.4, -0.2) is 50.7 Å². The number of guanidine groups is 1. The third kappa shape index (κ3) is 6.71. The number of likely N-dealkylation sites (tertiary alicyclic amines) is 1. The lowest BCUT2D eigenvalue weighted by Gasteiger charge is -2.33. The third-order valence-corrected chi connectivity index (χ3v) is 6.42. The number of halogens is 1. The van der Waals surface area contributed by atoms with Gasteiger partial charge in [0.25, 0.3) is 0 Å². The Labute approximate surface area is 183 Å². The van der Waals surface area contributed by atoms with Crippen molar-refractivity contribution in [1.82, 2.24) is 15.5 Å². The van der Waals surface area contributed by atoms with E-state index >= 15 is 0 Å². The standard InChI is InChI=1S/C23H33FN4OS/c1-17(13-20-5-4-12-30-20)15-26-23(25-2)27-19-8-10-28(11-9-19)16-18-6-7-22(29-3)21(24)14-18/h4-7,12,14,17,19H,8-11,13,15-16H2,1-3H3,(H2,25,26,27). The van der Waals surface area contributed by atoms with Crippen LogP contribution in [-0.2, 0) is 13.0 Å².